The lowest BCUT2D eigenvalue weighted by Crippen LogP contribution is -2.26. The van der Waals surface area contributed by atoms with Gasteiger partial charge in [-0.25, -0.2) is 9.89 Å². The van der Waals surface area contributed by atoms with E-state index < -0.39 is 0 Å². The van der Waals surface area contributed by atoms with Crippen LogP contribution in [0.25, 0.3) is 28.3 Å². The summed E-state index contributed by atoms with van der Waals surface area (Å²) < 4.78 is 6.37. The molecule has 0 aliphatic heterocycles. The number of halogens is 1. The molecule has 5 rings (SSSR count). The second kappa shape index (κ2) is 9.83. The van der Waals surface area contributed by atoms with E-state index in [2.05, 4.69) is 48.5 Å². The second-order valence-electron chi connectivity index (χ2n) is 8.43. The summed E-state index contributed by atoms with van der Waals surface area (Å²) in [7, 11) is 1.93. The van der Waals surface area contributed by atoms with Crippen LogP contribution in [-0.4, -0.2) is 39.3 Å². The predicted octanol–water partition coefficient (Wildman–Crippen LogP) is 4.37. The molecular weight excluding hydrogens is 508 g/mol. The van der Waals surface area contributed by atoms with Gasteiger partial charge in [-0.05, 0) is 74.6 Å². The summed E-state index contributed by atoms with van der Waals surface area (Å²) in [6.45, 7) is 2.55. The number of hydrogen-bond acceptors (Lipinski definition) is 5. The SMILES string of the molecule is CCCCc1cn(-c2c(Br)ccn2C)c(=O)n1Cc1cc(-c2cccc(-c3nnn[nH]3)c2)ccn1. The summed E-state index contributed by atoms with van der Waals surface area (Å²) >= 11 is 3.58. The van der Waals surface area contributed by atoms with Crippen LogP contribution >= 0.6 is 15.9 Å². The third-order valence-corrected chi connectivity index (χ3v) is 6.64. The fourth-order valence-electron chi connectivity index (χ4n) is 4.21. The van der Waals surface area contributed by atoms with Gasteiger partial charge in [0.1, 0.15) is 5.82 Å². The normalized spacial score (nSPS) is 11.3. The summed E-state index contributed by atoms with van der Waals surface area (Å²) in [4.78, 5) is 18.1. The number of aromatic nitrogens is 8. The minimum atomic E-state index is -0.0781. The van der Waals surface area contributed by atoms with Crippen LogP contribution in [0.2, 0.25) is 0 Å². The smallest absolute Gasteiger partial charge is 0.334 e. The van der Waals surface area contributed by atoms with Crippen molar-refractivity contribution < 1.29 is 0 Å². The Kier molecular flexibility index (Phi) is 6.45. The van der Waals surface area contributed by atoms with Gasteiger partial charge in [-0.15, -0.1) is 5.10 Å². The van der Waals surface area contributed by atoms with Crippen molar-refractivity contribution in [2.75, 3.05) is 0 Å². The highest BCUT2D eigenvalue weighted by Crippen LogP contribution is 2.25. The molecule has 0 aliphatic carbocycles. The molecule has 9 nitrogen and oxygen atoms in total. The molecule has 0 aliphatic rings. The zero-order chi connectivity index (χ0) is 24.4. The van der Waals surface area contributed by atoms with Crippen LogP contribution in [-0.2, 0) is 20.0 Å². The zero-order valence-corrected chi connectivity index (χ0v) is 21.1. The molecule has 0 saturated heterocycles. The second-order valence-corrected chi connectivity index (χ2v) is 9.28. The van der Waals surface area contributed by atoms with Gasteiger partial charge in [0, 0.05) is 36.9 Å². The number of pyridine rings is 1. The molecule has 0 unspecified atom stereocenters. The highest BCUT2D eigenvalue weighted by Gasteiger charge is 2.17. The first-order chi connectivity index (χ1) is 17.0. The zero-order valence-electron chi connectivity index (χ0n) is 19.5. The number of unbranched alkanes of at least 4 members (excludes halogenated alkanes) is 1. The average Bonchev–Trinajstić information content (AvgIpc) is 3.60. The number of tetrazole rings is 1. The summed E-state index contributed by atoms with van der Waals surface area (Å²) in [5.74, 6) is 1.42. The Morgan fingerprint density at radius 3 is 2.66 bits per heavy atom. The molecule has 4 heterocycles. The van der Waals surface area contributed by atoms with Crippen LogP contribution in [0.4, 0.5) is 0 Å². The number of benzene rings is 1. The summed E-state index contributed by atoms with van der Waals surface area (Å²) in [6.07, 6.45) is 8.56. The lowest BCUT2D eigenvalue weighted by atomic mass is 10.0. The molecule has 1 aromatic carbocycles. The molecule has 4 aromatic heterocycles. The van der Waals surface area contributed by atoms with Crippen molar-refractivity contribution in [2.24, 2.45) is 7.05 Å². The first-order valence-electron chi connectivity index (χ1n) is 11.5. The molecule has 0 amide bonds. The first kappa shape index (κ1) is 23.0. The highest BCUT2D eigenvalue weighted by atomic mass is 79.9. The highest BCUT2D eigenvalue weighted by molar-refractivity contribution is 9.10. The molecule has 5 aromatic rings. The summed E-state index contributed by atoms with van der Waals surface area (Å²) in [5.41, 5.74) is 4.66. The first-order valence-corrected chi connectivity index (χ1v) is 12.3. The lowest BCUT2D eigenvalue weighted by Gasteiger charge is -2.09. The number of rotatable bonds is 8. The fraction of sp³-hybridized carbons (Fsp3) is 0.240. The molecule has 0 radical (unpaired) electrons. The number of aryl methyl sites for hydroxylation is 2. The summed E-state index contributed by atoms with van der Waals surface area (Å²) in [6, 6.07) is 13.9. The monoisotopic (exact) mass is 532 g/mol. The summed E-state index contributed by atoms with van der Waals surface area (Å²) in [5, 5.41) is 14.1. The van der Waals surface area contributed by atoms with Crippen LogP contribution in [0.1, 0.15) is 31.2 Å². The van der Waals surface area contributed by atoms with E-state index in [1.54, 1.807) is 10.8 Å². The number of nitrogens with zero attached hydrogens (tertiary/aromatic N) is 7. The third kappa shape index (κ3) is 4.61. The fourth-order valence-corrected chi connectivity index (χ4v) is 4.80. The maximum atomic E-state index is 13.5. The van der Waals surface area contributed by atoms with Crippen LogP contribution in [0.5, 0.6) is 0 Å². The molecular formula is C25H25BrN8O. The predicted molar refractivity (Wildman–Crippen MR) is 137 cm³/mol. The van der Waals surface area contributed by atoms with Crippen molar-refractivity contribution in [2.45, 2.75) is 32.7 Å². The van der Waals surface area contributed by atoms with Gasteiger partial charge in [-0.1, -0.05) is 31.5 Å². The van der Waals surface area contributed by atoms with Crippen molar-refractivity contribution in [1.29, 1.82) is 0 Å². The molecule has 10 heteroatoms. The quantitative estimate of drug-likeness (QED) is 0.319. The van der Waals surface area contributed by atoms with E-state index in [1.165, 1.54) is 0 Å². The number of imidazole rings is 1. The lowest BCUT2D eigenvalue weighted by molar-refractivity contribution is 0.661. The molecule has 178 valence electrons. The Bertz CT molecular complexity index is 1490. The average molecular weight is 533 g/mol. The van der Waals surface area contributed by atoms with E-state index in [4.69, 9.17) is 0 Å². The molecule has 1 N–H and O–H groups in total. The maximum Gasteiger partial charge on any atom is 0.334 e. The Hall–Kier alpha value is -3.79. The number of H-pyrrole nitrogens is 1. The van der Waals surface area contributed by atoms with E-state index in [-0.39, 0.29) is 5.69 Å². The van der Waals surface area contributed by atoms with Crippen LogP contribution < -0.4 is 5.69 Å². The van der Waals surface area contributed by atoms with Crippen molar-refractivity contribution in [1.82, 2.24) is 39.3 Å². The molecule has 0 spiro atoms. The maximum absolute atomic E-state index is 13.5. The van der Waals surface area contributed by atoms with E-state index in [0.29, 0.717) is 12.4 Å². The number of hydrogen-bond donors (Lipinski definition) is 1. The van der Waals surface area contributed by atoms with Crippen LogP contribution in [0.3, 0.4) is 0 Å². The Morgan fingerprint density at radius 1 is 1.09 bits per heavy atom. The van der Waals surface area contributed by atoms with Crippen molar-refractivity contribution in [3.63, 3.8) is 0 Å². The van der Waals surface area contributed by atoms with Gasteiger partial charge in [-0.3, -0.25) is 14.1 Å². The largest absolute Gasteiger partial charge is 0.336 e. The van der Waals surface area contributed by atoms with Crippen molar-refractivity contribution >= 4 is 15.9 Å². The van der Waals surface area contributed by atoms with E-state index in [1.807, 2.05) is 71.0 Å². The Balaban J connectivity index is 1.51. The Morgan fingerprint density at radius 2 is 1.91 bits per heavy atom. The van der Waals surface area contributed by atoms with Crippen molar-refractivity contribution in [3.05, 3.63) is 87.4 Å². The van der Waals surface area contributed by atoms with Gasteiger partial charge in [-0.2, -0.15) is 0 Å². The van der Waals surface area contributed by atoms with E-state index >= 15 is 0 Å². The number of aromatic amines is 1. The standard InChI is InChI=1S/C25H25BrN8O/c1-3-4-8-21-16-34(24-22(26)10-12-32(24)2)25(35)33(21)15-20-14-18(9-11-27-20)17-6-5-7-19(13-17)23-28-30-31-29-23/h5-7,9-14,16H,3-4,8,15H2,1-2H3,(H,28,29,30,31). The van der Waals surface area contributed by atoms with Crippen LogP contribution in [0, 0.1) is 0 Å². The number of nitrogens with one attached hydrogen (secondary N) is 1. The minimum absolute atomic E-state index is 0.0781. The van der Waals surface area contributed by atoms with E-state index in [9.17, 15) is 4.79 Å². The topological polar surface area (TPSA) is 99.2 Å². The molecule has 35 heavy (non-hydrogen) atoms. The molecule has 0 atom stereocenters. The van der Waals surface area contributed by atoms with E-state index in [0.717, 1.165) is 57.6 Å². The van der Waals surface area contributed by atoms with Gasteiger partial charge in [0.25, 0.3) is 0 Å². The van der Waals surface area contributed by atoms with Gasteiger partial charge in [0.05, 0.1) is 16.7 Å². The minimum Gasteiger partial charge on any atom is -0.336 e. The Labute approximate surface area is 210 Å². The van der Waals surface area contributed by atoms with Gasteiger partial charge in [0.2, 0.25) is 0 Å². The molecule has 0 saturated carbocycles. The van der Waals surface area contributed by atoms with Crippen molar-refractivity contribution in [3.8, 4) is 28.3 Å². The van der Waals surface area contributed by atoms with Gasteiger partial charge >= 0.3 is 5.69 Å². The van der Waals surface area contributed by atoms with Gasteiger partial charge in [0.15, 0.2) is 5.82 Å². The molecule has 0 bridgehead atoms. The third-order valence-electron chi connectivity index (χ3n) is 6.02. The van der Waals surface area contributed by atoms with Crippen LogP contribution in [0.15, 0.2) is 70.3 Å². The molecule has 0 fully saturated rings. The van der Waals surface area contributed by atoms with Gasteiger partial charge < -0.3 is 4.57 Å².